The van der Waals surface area contributed by atoms with Gasteiger partial charge >= 0.3 is 101 Å². The summed E-state index contributed by atoms with van der Waals surface area (Å²) >= 11 is 0. The van der Waals surface area contributed by atoms with E-state index in [0.717, 1.165) is 41.3 Å². The van der Waals surface area contributed by atoms with Crippen LogP contribution in [0.25, 0.3) is 10.9 Å². The van der Waals surface area contributed by atoms with E-state index >= 15 is 0 Å². The molecular formula is C58H78N3Na3O21. The molecule has 5 aliphatic carbocycles. The topological polar surface area (TPSA) is 421 Å². The first-order valence-electron chi connectivity index (χ1n) is 28.1. The average molecular weight is 1220 g/mol. The van der Waals surface area contributed by atoms with Gasteiger partial charge in [-0.3, -0.25) is 14.4 Å². The average Bonchev–Trinajstić information content (AvgIpc) is 1.21. The number of hydrogen-bond donors (Lipinski definition) is 10. The van der Waals surface area contributed by atoms with Gasteiger partial charge in [0.25, 0.3) is 0 Å². The number of hydrogen-bond acceptors (Lipinski definition) is 20. The number of aliphatic carboxylic acids is 5. The zero-order chi connectivity index (χ0) is 60.6. The van der Waals surface area contributed by atoms with Gasteiger partial charge in [0.1, 0.15) is 54.9 Å². The first-order chi connectivity index (χ1) is 38.1. The van der Waals surface area contributed by atoms with Crippen LogP contribution in [0.4, 0.5) is 0 Å². The maximum Gasteiger partial charge on any atom is 1.00 e. The van der Waals surface area contributed by atoms with Gasteiger partial charge in [-0.05, 0) is 121 Å². The van der Waals surface area contributed by atoms with Crippen molar-refractivity contribution >= 4 is 52.4 Å². The fraction of sp³-hybridized carbons (Fsp3) is 0.707. The van der Waals surface area contributed by atoms with Crippen LogP contribution >= 0.6 is 0 Å². The van der Waals surface area contributed by atoms with Crippen molar-refractivity contribution in [2.24, 2.45) is 56.0 Å². The molecule has 7 aliphatic rings. The van der Waals surface area contributed by atoms with E-state index in [9.17, 15) is 79.5 Å². The van der Waals surface area contributed by atoms with E-state index in [1.54, 1.807) is 13.1 Å². The van der Waals surface area contributed by atoms with E-state index in [4.69, 9.17) is 29.8 Å². The minimum absolute atomic E-state index is 0. The monoisotopic (exact) mass is 1220 g/mol. The standard InChI is InChI=1S/C42H62O16.C16H19N3O5.3Na/c1-37(2)21-8-11-42(7)31(20(43)16-18-19-17-39(4,36(53)54)13-12-38(19,3)14-15-41(18,42)6)40(21,5)10-9-22(37)55-35-30(26(47)25(46)29(57-35)33(51)52)58-34-27(48)23(44)24(45)28(56-34)32(49)50;17-11(5-6-14(20)21)15(22)19-13(16(23)24)7-9-8-18-12-4-2-1-3-10(9)12;;;/h16,19,21-31,34-35,44-48H,8-15,17H2,1-7H3,(H,49,50)(H,51,52)(H,53,54);1-4,8,11,13,18H,5-7,17H2,(H,19,22)(H,20,21)(H,23,24);;;/q;;3*+1/p-3/t19-,21-,22-,23-,24-,25-,26-,27+,28-,29-,30+,31+,34-,35-,38+,39-,40-,41+,42+;11-,13-;;;/m00.../s1. The van der Waals surface area contributed by atoms with E-state index in [0.29, 0.717) is 38.5 Å². The van der Waals surface area contributed by atoms with E-state index in [1.807, 2.05) is 44.2 Å². The molecule has 0 unspecified atom stereocenters. The van der Waals surface area contributed by atoms with Crippen molar-refractivity contribution in [2.75, 3.05) is 0 Å². The number of ether oxygens (including phenoxy) is 4. The number of aliphatic hydroxyl groups is 5. The summed E-state index contributed by atoms with van der Waals surface area (Å²) in [5, 5.41) is 110. The van der Waals surface area contributed by atoms with Crippen LogP contribution in [0.1, 0.15) is 125 Å². The van der Waals surface area contributed by atoms with Gasteiger partial charge in [0, 0.05) is 47.2 Å². The Hall–Kier alpha value is -2.41. The number of para-hydroxylation sites is 1. The van der Waals surface area contributed by atoms with Crippen LogP contribution in [0.5, 0.6) is 0 Å². The molecule has 1 aromatic heterocycles. The zero-order valence-corrected chi connectivity index (χ0v) is 56.1. The number of aromatic nitrogens is 1. The number of allylic oxidation sites excluding steroid dienone is 2. The molecule has 2 aromatic rings. The van der Waals surface area contributed by atoms with Gasteiger partial charge in [-0.1, -0.05) is 72.2 Å². The zero-order valence-electron chi connectivity index (χ0n) is 50.1. The minimum atomic E-state index is -2.16. The number of H-pyrrole nitrogens is 1. The largest absolute Gasteiger partial charge is 1.00 e. The van der Waals surface area contributed by atoms with Gasteiger partial charge in [-0.25, -0.2) is 4.79 Å². The third kappa shape index (κ3) is 13.6. The number of rotatable bonds is 15. The molecule has 2 aliphatic heterocycles. The van der Waals surface area contributed by atoms with Gasteiger partial charge in [-0.2, -0.15) is 0 Å². The number of aromatic amines is 1. The molecule has 1 aromatic carbocycles. The predicted molar refractivity (Wildman–Crippen MR) is 278 cm³/mol. The Morgan fingerprint density at radius 3 is 1.96 bits per heavy atom. The maximum absolute atomic E-state index is 14.8. The number of benzene rings is 1. The summed E-state index contributed by atoms with van der Waals surface area (Å²) in [5.41, 5.74) is 5.13. The fourth-order valence-corrected chi connectivity index (χ4v) is 15.8. The van der Waals surface area contributed by atoms with E-state index < -0.39 is 137 Å². The Balaban J connectivity index is 0.000000412. The second kappa shape index (κ2) is 27.6. The second-order valence-electron chi connectivity index (χ2n) is 26.1. The summed E-state index contributed by atoms with van der Waals surface area (Å²) in [6.07, 6.45) is -11.9. The Kier molecular flexibility index (Phi) is 23.8. The number of carbonyl (C=O) groups is 7. The molecule has 85 heavy (non-hydrogen) atoms. The summed E-state index contributed by atoms with van der Waals surface area (Å²) in [4.78, 5) is 87.9. The molecule has 21 atom stereocenters. The molecule has 1 amide bonds. The van der Waals surface area contributed by atoms with Gasteiger partial charge in [0.15, 0.2) is 18.4 Å². The minimum Gasteiger partial charge on any atom is -0.550 e. The number of fused-ring (bicyclic) bond motifs is 8. The summed E-state index contributed by atoms with van der Waals surface area (Å²) in [7, 11) is 0. The molecule has 27 heteroatoms. The van der Waals surface area contributed by atoms with Crippen LogP contribution in [0.3, 0.4) is 0 Å². The Bertz CT molecular complexity index is 2860. The van der Waals surface area contributed by atoms with Gasteiger partial charge in [0.05, 0.1) is 24.1 Å². The van der Waals surface area contributed by atoms with Gasteiger partial charge in [0.2, 0.25) is 5.91 Å². The van der Waals surface area contributed by atoms with Crippen molar-refractivity contribution in [1.82, 2.24) is 10.3 Å². The van der Waals surface area contributed by atoms with Gasteiger partial charge in [-0.15, -0.1) is 0 Å². The fourth-order valence-electron chi connectivity index (χ4n) is 15.8. The van der Waals surface area contributed by atoms with Crippen molar-refractivity contribution in [3.05, 3.63) is 47.7 Å². The summed E-state index contributed by atoms with van der Waals surface area (Å²) in [5.74, 6) is -8.30. The SMILES string of the molecule is CC1(C)[C@@H](O[C@H]2O[C@H](C(=O)[O-])[C@@H](O)[C@H](O)[C@H]2O[C@@H]2O[C@H](C(=O)[O-])[C@@H](O)[C@H](O)[C@H]2O)CC[C@]2(C)[C@H]3C(=O)C=C4[C@@H]5C[C@@](C)(C(=O)[O-])CC[C@]5(C)CC[C@@]4(C)[C@]3(C)CC[C@@H]12.N[C@@H](CCC(=O)O)C(=O)N[C@@H](Cc1c[nH]c2ccccc12)C(=O)O.[Na+].[Na+].[Na+]. The van der Waals surface area contributed by atoms with Crippen molar-refractivity contribution in [1.29, 1.82) is 0 Å². The molecule has 6 fully saturated rings. The second-order valence-corrected chi connectivity index (χ2v) is 26.1. The maximum atomic E-state index is 14.8. The van der Waals surface area contributed by atoms with Crippen LogP contribution in [0.15, 0.2) is 42.1 Å². The molecule has 2 saturated heterocycles. The first-order valence-corrected chi connectivity index (χ1v) is 28.1. The summed E-state index contributed by atoms with van der Waals surface area (Å²) in [6, 6.07) is 5.23. The molecule has 454 valence electrons. The number of carbonyl (C=O) groups excluding carboxylic acids is 5. The quantitative estimate of drug-likeness (QED) is 0.0585. The number of nitrogens with two attached hydrogens (primary N) is 1. The normalized spacial score (nSPS) is 39.6. The number of aliphatic hydroxyl groups excluding tert-OH is 5. The summed E-state index contributed by atoms with van der Waals surface area (Å²) < 4.78 is 23.1. The van der Waals surface area contributed by atoms with Crippen molar-refractivity contribution < 1.29 is 192 Å². The molecule has 9 rings (SSSR count). The molecule has 0 spiro atoms. The third-order valence-electron chi connectivity index (χ3n) is 20.9. The van der Waals surface area contributed by atoms with Crippen LogP contribution in [0.2, 0.25) is 0 Å². The van der Waals surface area contributed by atoms with E-state index in [2.05, 4.69) is 38.0 Å². The molecule has 4 saturated carbocycles. The van der Waals surface area contributed by atoms with Crippen molar-refractivity contribution in [3.8, 4) is 0 Å². The van der Waals surface area contributed by atoms with E-state index in [-0.39, 0.29) is 142 Å². The molecule has 0 radical (unpaired) electrons. The van der Waals surface area contributed by atoms with Crippen molar-refractivity contribution in [2.45, 2.75) is 205 Å². The molecule has 11 N–H and O–H groups in total. The number of carboxylic acid groups (broad SMARTS) is 5. The number of carboxylic acids is 5. The smallest absolute Gasteiger partial charge is 0.550 e. The van der Waals surface area contributed by atoms with Crippen LogP contribution in [-0.2, 0) is 58.9 Å². The first kappa shape index (κ1) is 73.3. The third-order valence-corrected chi connectivity index (χ3v) is 20.9. The van der Waals surface area contributed by atoms with Crippen molar-refractivity contribution in [3.63, 3.8) is 0 Å². The van der Waals surface area contributed by atoms with Crippen LogP contribution < -0.4 is 115 Å². The number of amides is 1. The van der Waals surface area contributed by atoms with E-state index in [1.165, 1.54) is 0 Å². The molecule has 0 bridgehead atoms. The Labute approximate surface area is 559 Å². The van der Waals surface area contributed by atoms with Crippen LogP contribution in [0, 0.1) is 50.2 Å². The Morgan fingerprint density at radius 2 is 1.36 bits per heavy atom. The molecule has 24 nitrogen and oxygen atoms in total. The Morgan fingerprint density at radius 1 is 0.765 bits per heavy atom. The molecular weight excluding hydrogens is 1140 g/mol. The van der Waals surface area contributed by atoms with Gasteiger partial charge < -0.3 is 100 Å². The number of nitrogens with one attached hydrogen (secondary N) is 2. The summed E-state index contributed by atoms with van der Waals surface area (Å²) in [6.45, 7) is 14.6. The predicted octanol–water partition coefficient (Wildman–Crippen LogP) is -10.3. The van der Waals surface area contributed by atoms with Crippen LogP contribution in [-0.4, -0.2) is 162 Å². The molecule has 3 heterocycles. The number of ketones is 1.